The number of aryl methyl sites for hydroxylation is 1. The quantitative estimate of drug-likeness (QED) is 0.662. The van der Waals surface area contributed by atoms with E-state index in [1.807, 2.05) is 26.0 Å². The van der Waals surface area contributed by atoms with Crippen LogP contribution in [0.15, 0.2) is 42.9 Å². The Morgan fingerprint density at radius 3 is 2.48 bits per heavy atom. The maximum Gasteiger partial charge on any atom is 0.303 e. The van der Waals surface area contributed by atoms with E-state index in [1.165, 1.54) is 0 Å². The molecule has 8 heteroatoms. The van der Waals surface area contributed by atoms with Gasteiger partial charge in [-0.1, -0.05) is 0 Å². The summed E-state index contributed by atoms with van der Waals surface area (Å²) in [6.45, 7) is 4.17. The second-order valence-electron chi connectivity index (χ2n) is 6.86. The Hall–Kier alpha value is -3.55. The molecule has 0 unspecified atom stereocenters. The Kier molecular flexibility index (Phi) is 6.01. The molecule has 0 bridgehead atoms. The zero-order chi connectivity index (χ0) is 21.0. The van der Waals surface area contributed by atoms with Crippen molar-refractivity contribution >= 4 is 11.9 Å². The van der Waals surface area contributed by atoms with Gasteiger partial charge in [0.1, 0.15) is 0 Å². The first-order valence-corrected chi connectivity index (χ1v) is 9.24. The molecule has 0 spiro atoms. The molecule has 0 atom stereocenters. The van der Waals surface area contributed by atoms with Crippen LogP contribution in [0.25, 0.3) is 5.69 Å². The van der Waals surface area contributed by atoms with Gasteiger partial charge in [-0.3, -0.25) is 19.6 Å². The molecular weight excluding hydrogens is 370 g/mol. The van der Waals surface area contributed by atoms with Gasteiger partial charge in [0, 0.05) is 37.1 Å². The maximum atomic E-state index is 12.7. The van der Waals surface area contributed by atoms with Crippen LogP contribution in [0.2, 0.25) is 0 Å². The van der Waals surface area contributed by atoms with Crippen molar-refractivity contribution in [2.45, 2.75) is 33.2 Å². The molecule has 0 aliphatic heterocycles. The lowest BCUT2D eigenvalue weighted by atomic mass is 10.1. The molecule has 1 aromatic carbocycles. The highest BCUT2D eigenvalue weighted by Gasteiger charge is 2.16. The molecule has 0 aliphatic rings. The molecule has 8 nitrogen and oxygen atoms in total. The van der Waals surface area contributed by atoms with Crippen molar-refractivity contribution in [1.82, 2.24) is 24.6 Å². The Bertz CT molecular complexity index is 1010. The Balaban J connectivity index is 1.75. The van der Waals surface area contributed by atoms with Gasteiger partial charge >= 0.3 is 5.97 Å². The summed E-state index contributed by atoms with van der Waals surface area (Å²) in [4.78, 5) is 33.3. The highest BCUT2D eigenvalue weighted by molar-refractivity contribution is 5.94. The molecule has 29 heavy (non-hydrogen) atoms. The summed E-state index contributed by atoms with van der Waals surface area (Å²) >= 11 is 0. The largest absolute Gasteiger partial charge is 0.481 e. The lowest BCUT2D eigenvalue weighted by Gasteiger charge is -2.16. The van der Waals surface area contributed by atoms with Gasteiger partial charge in [-0.15, -0.1) is 0 Å². The fourth-order valence-corrected chi connectivity index (χ4v) is 3.21. The minimum atomic E-state index is -0.829. The summed E-state index contributed by atoms with van der Waals surface area (Å²) in [5.74, 6) is -0.942. The SMILES string of the molecule is Cc1nn(-c2ccc(C(=O)N(C)Cc3cnccn3)cc2)c(C)c1CCC(=O)O. The van der Waals surface area contributed by atoms with E-state index in [9.17, 15) is 9.59 Å². The van der Waals surface area contributed by atoms with Crippen molar-refractivity contribution in [3.05, 3.63) is 71.1 Å². The third-order valence-corrected chi connectivity index (χ3v) is 4.75. The van der Waals surface area contributed by atoms with E-state index in [2.05, 4.69) is 15.1 Å². The van der Waals surface area contributed by atoms with Crippen LogP contribution in [0.5, 0.6) is 0 Å². The molecule has 0 aliphatic carbocycles. The third-order valence-electron chi connectivity index (χ3n) is 4.75. The second kappa shape index (κ2) is 8.64. The van der Waals surface area contributed by atoms with Gasteiger partial charge in [-0.25, -0.2) is 4.68 Å². The predicted octanol–water partition coefficient (Wildman–Crippen LogP) is 2.57. The van der Waals surface area contributed by atoms with Crippen LogP contribution in [-0.4, -0.2) is 48.7 Å². The number of carboxylic acids is 1. The topological polar surface area (TPSA) is 101 Å². The number of carbonyl (C=O) groups is 2. The number of carbonyl (C=O) groups excluding carboxylic acids is 1. The first-order valence-electron chi connectivity index (χ1n) is 9.24. The highest BCUT2D eigenvalue weighted by Crippen LogP contribution is 2.20. The number of aliphatic carboxylic acids is 1. The molecule has 2 aromatic heterocycles. The van der Waals surface area contributed by atoms with Gasteiger partial charge in [-0.05, 0) is 50.1 Å². The lowest BCUT2D eigenvalue weighted by molar-refractivity contribution is -0.136. The first kappa shape index (κ1) is 20.2. The number of nitrogens with zero attached hydrogens (tertiary/aromatic N) is 5. The van der Waals surface area contributed by atoms with E-state index in [0.29, 0.717) is 18.5 Å². The number of rotatable bonds is 7. The van der Waals surface area contributed by atoms with Gasteiger partial charge in [0.25, 0.3) is 5.91 Å². The van der Waals surface area contributed by atoms with Crippen LogP contribution in [0.3, 0.4) is 0 Å². The van der Waals surface area contributed by atoms with Crippen molar-refractivity contribution < 1.29 is 14.7 Å². The highest BCUT2D eigenvalue weighted by atomic mass is 16.4. The number of benzene rings is 1. The number of hydrogen-bond acceptors (Lipinski definition) is 5. The van der Waals surface area contributed by atoms with Crippen LogP contribution < -0.4 is 0 Å². The molecule has 0 fully saturated rings. The number of carboxylic acid groups (broad SMARTS) is 1. The molecule has 150 valence electrons. The van der Waals surface area contributed by atoms with E-state index in [0.717, 1.165) is 28.3 Å². The minimum Gasteiger partial charge on any atom is -0.481 e. The van der Waals surface area contributed by atoms with E-state index in [-0.39, 0.29) is 12.3 Å². The molecule has 1 amide bonds. The summed E-state index contributed by atoms with van der Waals surface area (Å²) in [7, 11) is 1.72. The van der Waals surface area contributed by atoms with Crippen LogP contribution in [0.1, 0.15) is 39.4 Å². The van der Waals surface area contributed by atoms with E-state index < -0.39 is 5.97 Å². The monoisotopic (exact) mass is 393 g/mol. The average molecular weight is 393 g/mol. The smallest absolute Gasteiger partial charge is 0.303 e. The standard InChI is InChI=1S/C21H23N5O3/c1-14-19(8-9-20(27)28)15(2)26(24-14)18-6-4-16(5-7-18)21(29)25(3)13-17-12-22-10-11-23-17/h4-7,10-12H,8-9,13H2,1-3H3,(H,27,28). The Morgan fingerprint density at radius 1 is 1.14 bits per heavy atom. The van der Waals surface area contributed by atoms with Crippen molar-refractivity contribution in [1.29, 1.82) is 0 Å². The zero-order valence-electron chi connectivity index (χ0n) is 16.7. The molecule has 1 N–H and O–H groups in total. The van der Waals surface area contributed by atoms with E-state index in [4.69, 9.17) is 5.11 Å². The third kappa shape index (κ3) is 4.66. The van der Waals surface area contributed by atoms with Gasteiger partial charge < -0.3 is 10.0 Å². The minimum absolute atomic E-state index is 0.0684. The summed E-state index contributed by atoms with van der Waals surface area (Å²) in [5, 5.41) is 13.5. The molecule has 0 saturated heterocycles. The van der Waals surface area contributed by atoms with Crippen molar-refractivity contribution in [2.75, 3.05) is 7.05 Å². The second-order valence-corrected chi connectivity index (χ2v) is 6.86. The molecule has 0 saturated carbocycles. The van der Waals surface area contributed by atoms with Gasteiger partial charge in [-0.2, -0.15) is 5.10 Å². The van der Waals surface area contributed by atoms with Gasteiger partial charge in [0.05, 0.1) is 29.8 Å². The molecule has 3 aromatic rings. The van der Waals surface area contributed by atoms with Crippen LogP contribution in [-0.2, 0) is 17.8 Å². The van der Waals surface area contributed by atoms with E-state index >= 15 is 0 Å². The normalized spacial score (nSPS) is 10.7. The Labute approximate surface area is 168 Å². The van der Waals surface area contributed by atoms with Crippen molar-refractivity contribution in [3.63, 3.8) is 0 Å². The number of aromatic nitrogens is 4. The predicted molar refractivity (Wildman–Crippen MR) is 107 cm³/mol. The zero-order valence-corrected chi connectivity index (χ0v) is 16.7. The summed E-state index contributed by atoms with van der Waals surface area (Å²) in [6.07, 6.45) is 5.34. The number of hydrogen-bond donors (Lipinski definition) is 1. The van der Waals surface area contributed by atoms with Crippen molar-refractivity contribution in [3.8, 4) is 5.69 Å². The Morgan fingerprint density at radius 2 is 1.86 bits per heavy atom. The number of amides is 1. The molecular formula is C21H23N5O3. The van der Waals surface area contributed by atoms with Crippen LogP contribution >= 0.6 is 0 Å². The molecule has 2 heterocycles. The molecule has 3 rings (SSSR count). The maximum absolute atomic E-state index is 12.7. The van der Waals surface area contributed by atoms with Crippen LogP contribution in [0.4, 0.5) is 0 Å². The summed E-state index contributed by atoms with van der Waals surface area (Å²) in [5.41, 5.74) is 4.76. The van der Waals surface area contributed by atoms with Crippen LogP contribution in [0, 0.1) is 13.8 Å². The summed E-state index contributed by atoms with van der Waals surface area (Å²) in [6, 6.07) is 7.20. The fraction of sp³-hybridized carbons (Fsp3) is 0.286. The summed E-state index contributed by atoms with van der Waals surface area (Å²) < 4.78 is 1.78. The fourth-order valence-electron chi connectivity index (χ4n) is 3.21. The average Bonchev–Trinajstić information content (AvgIpc) is 3.00. The van der Waals surface area contributed by atoms with Gasteiger partial charge in [0.2, 0.25) is 0 Å². The first-order chi connectivity index (χ1) is 13.9. The van der Waals surface area contributed by atoms with Gasteiger partial charge in [0.15, 0.2) is 0 Å². The molecule has 0 radical (unpaired) electrons. The van der Waals surface area contributed by atoms with Crippen molar-refractivity contribution in [2.24, 2.45) is 0 Å². The lowest BCUT2D eigenvalue weighted by Crippen LogP contribution is -2.26. The van der Waals surface area contributed by atoms with E-state index in [1.54, 1.807) is 47.4 Å².